The van der Waals surface area contributed by atoms with Gasteiger partial charge in [-0.25, -0.2) is 0 Å². The first-order valence-corrected chi connectivity index (χ1v) is 9.55. The van der Waals surface area contributed by atoms with Crippen molar-refractivity contribution < 1.29 is 4.79 Å². The van der Waals surface area contributed by atoms with Crippen LogP contribution in [0.4, 0.5) is 0 Å². The Balaban J connectivity index is 1.35. The molecule has 1 saturated carbocycles. The van der Waals surface area contributed by atoms with Gasteiger partial charge in [-0.3, -0.25) is 4.79 Å². The fourth-order valence-electron chi connectivity index (χ4n) is 4.39. The maximum Gasteiger partial charge on any atom is 0.223 e. The Kier molecular flexibility index (Phi) is 6.13. The molecule has 1 amide bonds. The van der Waals surface area contributed by atoms with E-state index in [1.807, 2.05) is 0 Å². The Labute approximate surface area is 135 Å². The van der Waals surface area contributed by atoms with Gasteiger partial charge in [0.05, 0.1) is 0 Å². The lowest BCUT2D eigenvalue weighted by molar-refractivity contribution is -0.127. The van der Waals surface area contributed by atoms with E-state index in [0.29, 0.717) is 17.9 Å². The second-order valence-corrected chi connectivity index (χ2v) is 7.63. The third-order valence-corrected chi connectivity index (χ3v) is 5.83. The summed E-state index contributed by atoms with van der Waals surface area (Å²) in [4.78, 5) is 14.9. The van der Waals surface area contributed by atoms with E-state index in [1.54, 1.807) is 0 Å². The highest BCUT2D eigenvalue weighted by Crippen LogP contribution is 2.24. The van der Waals surface area contributed by atoms with Crippen LogP contribution in [0.25, 0.3) is 0 Å². The van der Waals surface area contributed by atoms with E-state index in [-0.39, 0.29) is 0 Å². The minimum Gasteiger partial charge on any atom is -0.353 e. The third-order valence-electron chi connectivity index (χ3n) is 5.83. The molecular formula is C18H33N3O. The minimum absolute atomic E-state index is 0.306. The summed E-state index contributed by atoms with van der Waals surface area (Å²) in [7, 11) is 0. The van der Waals surface area contributed by atoms with Crippen LogP contribution >= 0.6 is 0 Å². The van der Waals surface area contributed by atoms with E-state index in [4.69, 9.17) is 0 Å². The molecule has 0 aromatic heterocycles. The van der Waals surface area contributed by atoms with E-state index < -0.39 is 0 Å². The second-order valence-electron chi connectivity index (χ2n) is 7.63. The van der Waals surface area contributed by atoms with Crippen LogP contribution in [0, 0.1) is 11.8 Å². The average molecular weight is 307 g/mol. The topological polar surface area (TPSA) is 44.4 Å². The van der Waals surface area contributed by atoms with Crippen LogP contribution < -0.4 is 10.6 Å². The molecule has 0 aromatic rings. The first kappa shape index (κ1) is 16.3. The lowest BCUT2D eigenvalue weighted by atomic mass is 9.88. The molecule has 0 radical (unpaired) electrons. The Morgan fingerprint density at radius 1 is 1.00 bits per heavy atom. The molecule has 1 aliphatic carbocycles. The minimum atomic E-state index is 0.306. The summed E-state index contributed by atoms with van der Waals surface area (Å²) < 4.78 is 0. The van der Waals surface area contributed by atoms with Crippen molar-refractivity contribution in [2.45, 2.75) is 63.8 Å². The van der Waals surface area contributed by atoms with E-state index in [9.17, 15) is 4.79 Å². The summed E-state index contributed by atoms with van der Waals surface area (Å²) in [6.45, 7) is 5.96. The Morgan fingerprint density at radius 2 is 1.77 bits per heavy atom. The number of carbonyl (C=O) groups is 1. The normalized spacial score (nSPS) is 29.4. The molecular weight excluding hydrogens is 274 g/mol. The first-order valence-electron chi connectivity index (χ1n) is 9.55. The molecule has 2 saturated heterocycles. The Bertz CT molecular complexity index is 340. The first-order chi connectivity index (χ1) is 10.8. The van der Waals surface area contributed by atoms with Crippen LogP contribution in [-0.2, 0) is 4.79 Å². The lowest BCUT2D eigenvalue weighted by Crippen LogP contribution is -2.48. The summed E-state index contributed by atoms with van der Waals surface area (Å²) >= 11 is 0. The molecule has 3 aliphatic rings. The van der Waals surface area contributed by atoms with Crippen LogP contribution in [-0.4, -0.2) is 49.6 Å². The number of rotatable bonds is 4. The zero-order valence-electron chi connectivity index (χ0n) is 14.0. The molecule has 22 heavy (non-hydrogen) atoms. The van der Waals surface area contributed by atoms with Crippen molar-refractivity contribution in [2.75, 3.05) is 32.7 Å². The molecule has 2 heterocycles. The molecule has 3 fully saturated rings. The van der Waals surface area contributed by atoms with Crippen molar-refractivity contribution in [3.05, 3.63) is 0 Å². The average Bonchev–Trinajstić information content (AvgIpc) is 2.58. The second kappa shape index (κ2) is 8.30. The number of amides is 1. The Hall–Kier alpha value is -0.610. The molecule has 126 valence electrons. The molecule has 1 atom stereocenters. The van der Waals surface area contributed by atoms with E-state index in [2.05, 4.69) is 15.5 Å². The maximum atomic E-state index is 12.3. The highest BCUT2D eigenvalue weighted by Gasteiger charge is 2.26. The number of nitrogens with one attached hydrogen (secondary N) is 2. The standard InChI is InChI=1S/C18H33N3O/c22-18(16-6-2-1-3-7-16)20-17-8-11-21(12-9-17)14-15-5-4-10-19-13-15/h15-17,19H,1-14H2,(H,20,22). The molecule has 3 rings (SSSR count). The van der Waals surface area contributed by atoms with Gasteiger partial charge in [-0.1, -0.05) is 19.3 Å². The van der Waals surface area contributed by atoms with Crippen molar-refractivity contribution in [3.63, 3.8) is 0 Å². The molecule has 0 bridgehead atoms. The monoisotopic (exact) mass is 307 g/mol. The number of piperidine rings is 2. The van der Waals surface area contributed by atoms with E-state index in [0.717, 1.165) is 44.7 Å². The molecule has 4 heteroatoms. The van der Waals surface area contributed by atoms with Gasteiger partial charge in [0.1, 0.15) is 0 Å². The summed E-state index contributed by atoms with van der Waals surface area (Å²) in [6, 6.07) is 0.426. The maximum absolute atomic E-state index is 12.3. The highest BCUT2D eigenvalue weighted by atomic mass is 16.1. The number of hydrogen-bond acceptors (Lipinski definition) is 3. The van der Waals surface area contributed by atoms with Crippen LogP contribution in [0.1, 0.15) is 57.8 Å². The van der Waals surface area contributed by atoms with Gasteiger partial charge in [0.15, 0.2) is 0 Å². The quantitative estimate of drug-likeness (QED) is 0.836. The lowest BCUT2D eigenvalue weighted by Gasteiger charge is -2.36. The summed E-state index contributed by atoms with van der Waals surface area (Å²) in [5.41, 5.74) is 0. The van der Waals surface area contributed by atoms with Gasteiger partial charge < -0.3 is 15.5 Å². The Morgan fingerprint density at radius 3 is 2.45 bits per heavy atom. The van der Waals surface area contributed by atoms with Crippen LogP contribution in [0.3, 0.4) is 0 Å². The van der Waals surface area contributed by atoms with Gasteiger partial charge in [-0.15, -0.1) is 0 Å². The smallest absolute Gasteiger partial charge is 0.223 e. The number of hydrogen-bond donors (Lipinski definition) is 2. The third kappa shape index (κ3) is 4.69. The fraction of sp³-hybridized carbons (Fsp3) is 0.944. The van der Waals surface area contributed by atoms with Crippen LogP contribution in [0.15, 0.2) is 0 Å². The zero-order valence-corrected chi connectivity index (χ0v) is 14.0. The molecule has 0 aromatic carbocycles. The van der Waals surface area contributed by atoms with E-state index in [1.165, 1.54) is 51.7 Å². The van der Waals surface area contributed by atoms with Gasteiger partial charge in [0, 0.05) is 31.6 Å². The van der Waals surface area contributed by atoms with E-state index >= 15 is 0 Å². The van der Waals surface area contributed by atoms with Gasteiger partial charge in [0.25, 0.3) is 0 Å². The molecule has 0 spiro atoms. The predicted molar refractivity (Wildman–Crippen MR) is 89.8 cm³/mol. The fourth-order valence-corrected chi connectivity index (χ4v) is 4.39. The summed E-state index contributed by atoms with van der Waals surface area (Å²) in [5, 5.41) is 6.85. The van der Waals surface area contributed by atoms with Crippen molar-refractivity contribution in [2.24, 2.45) is 11.8 Å². The zero-order chi connectivity index (χ0) is 15.2. The summed E-state index contributed by atoms with van der Waals surface area (Å²) in [6.07, 6.45) is 11.0. The van der Waals surface area contributed by atoms with Crippen molar-refractivity contribution in [1.82, 2.24) is 15.5 Å². The number of likely N-dealkylation sites (tertiary alicyclic amines) is 1. The molecule has 1 unspecified atom stereocenters. The van der Waals surface area contributed by atoms with Crippen LogP contribution in [0.5, 0.6) is 0 Å². The summed E-state index contributed by atoms with van der Waals surface area (Å²) in [5.74, 6) is 1.48. The van der Waals surface area contributed by atoms with Gasteiger partial charge in [-0.05, 0) is 57.5 Å². The SMILES string of the molecule is O=C(NC1CCN(CC2CCCNC2)CC1)C1CCCCC1. The van der Waals surface area contributed by atoms with Gasteiger partial charge >= 0.3 is 0 Å². The van der Waals surface area contributed by atoms with Crippen molar-refractivity contribution in [1.29, 1.82) is 0 Å². The molecule has 4 nitrogen and oxygen atoms in total. The largest absolute Gasteiger partial charge is 0.353 e. The van der Waals surface area contributed by atoms with Gasteiger partial charge in [-0.2, -0.15) is 0 Å². The predicted octanol–water partition coefficient (Wildman–Crippen LogP) is 2.15. The van der Waals surface area contributed by atoms with Crippen LogP contribution in [0.2, 0.25) is 0 Å². The number of nitrogens with zero attached hydrogens (tertiary/aromatic N) is 1. The molecule has 2 N–H and O–H groups in total. The number of carbonyl (C=O) groups excluding carboxylic acids is 1. The molecule has 2 aliphatic heterocycles. The highest BCUT2D eigenvalue weighted by molar-refractivity contribution is 5.79. The van der Waals surface area contributed by atoms with Gasteiger partial charge in [0.2, 0.25) is 5.91 Å². The van der Waals surface area contributed by atoms with Crippen molar-refractivity contribution in [3.8, 4) is 0 Å². The van der Waals surface area contributed by atoms with Crippen molar-refractivity contribution >= 4 is 5.91 Å².